The van der Waals surface area contributed by atoms with Gasteiger partial charge in [0.2, 0.25) is 0 Å². The summed E-state index contributed by atoms with van der Waals surface area (Å²) in [5.74, 6) is 0.991. The number of thiophene rings is 1. The Kier molecular flexibility index (Phi) is 5.24. The first-order valence-electron chi connectivity index (χ1n) is 13.1. The predicted octanol–water partition coefficient (Wildman–Crippen LogP) is 10.0. The van der Waals surface area contributed by atoms with Gasteiger partial charge in [-0.3, -0.25) is 4.57 Å². The van der Waals surface area contributed by atoms with E-state index in [0.717, 1.165) is 16.9 Å². The maximum atomic E-state index is 5.24. The molecule has 2 aromatic heterocycles. The van der Waals surface area contributed by atoms with Crippen LogP contribution in [0.25, 0.3) is 60.1 Å². The molecule has 0 amide bonds. The Bertz CT molecular complexity index is 1950. The predicted molar refractivity (Wildman–Crippen MR) is 164 cm³/mol. The van der Waals surface area contributed by atoms with E-state index in [1.807, 2.05) is 0 Å². The summed E-state index contributed by atoms with van der Waals surface area (Å²) in [6, 6.07) is 39.3. The molecule has 0 atom stereocenters. The van der Waals surface area contributed by atoms with Crippen LogP contribution in [0, 0.1) is 0 Å². The van der Waals surface area contributed by atoms with Crippen LogP contribution in [0.1, 0.15) is 26.3 Å². The fraction of sp³-hybridized carbons (Fsp3) is 0.114. The number of rotatable bonds is 3. The maximum absolute atomic E-state index is 5.24. The van der Waals surface area contributed by atoms with Gasteiger partial charge in [0, 0.05) is 21.0 Å². The Morgan fingerprint density at radius 2 is 1.39 bits per heavy atom. The van der Waals surface area contributed by atoms with Crippen molar-refractivity contribution in [3.8, 4) is 28.2 Å². The van der Waals surface area contributed by atoms with E-state index in [1.165, 1.54) is 48.8 Å². The molecule has 0 N–H and O–H groups in total. The van der Waals surface area contributed by atoms with E-state index in [0.29, 0.717) is 0 Å². The summed E-state index contributed by atoms with van der Waals surface area (Å²) in [5, 5.41) is 6.05. The van der Waals surface area contributed by atoms with E-state index < -0.39 is 0 Å². The highest BCUT2D eigenvalue weighted by Crippen LogP contribution is 2.41. The fourth-order valence-electron chi connectivity index (χ4n) is 5.48. The molecule has 2 heterocycles. The van der Waals surface area contributed by atoms with Gasteiger partial charge in [-0.15, -0.1) is 11.3 Å². The summed E-state index contributed by atoms with van der Waals surface area (Å²) < 4.78 is 3.66. The van der Waals surface area contributed by atoms with Gasteiger partial charge in [-0.2, -0.15) is 0 Å². The summed E-state index contributed by atoms with van der Waals surface area (Å²) in [7, 11) is 0. The molecule has 2 nitrogen and oxygen atoms in total. The highest BCUT2D eigenvalue weighted by Gasteiger charge is 2.24. The normalized spacial score (nSPS) is 12.1. The molecule has 0 fully saturated rings. The van der Waals surface area contributed by atoms with Crippen molar-refractivity contribution in [2.24, 2.45) is 0 Å². The molecule has 7 rings (SSSR count). The van der Waals surface area contributed by atoms with Gasteiger partial charge in [0.1, 0.15) is 5.82 Å². The molecule has 0 bridgehead atoms. The van der Waals surface area contributed by atoms with E-state index in [1.54, 1.807) is 11.3 Å². The second kappa shape index (κ2) is 8.68. The minimum Gasteiger partial charge on any atom is -0.292 e. The lowest BCUT2D eigenvalue weighted by atomic mass is 9.84. The van der Waals surface area contributed by atoms with E-state index in [4.69, 9.17) is 4.98 Å². The highest BCUT2D eigenvalue weighted by molar-refractivity contribution is 7.17. The molecule has 0 aliphatic rings. The lowest BCUT2D eigenvalue weighted by Gasteiger charge is -2.25. The molecular weight excluding hydrogens is 480 g/mol. The third kappa shape index (κ3) is 3.74. The highest BCUT2D eigenvalue weighted by atomic mass is 32.1. The van der Waals surface area contributed by atoms with Crippen molar-refractivity contribution in [1.29, 1.82) is 0 Å². The number of aromatic nitrogens is 2. The molecule has 38 heavy (non-hydrogen) atoms. The molecule has 7 aromatic rings. The van der Waals surface area contributed by atoms with Crippen molar-refractivity contribution >= 4 is 43.2 Å². The second-order valence-electron chi connectivity index (χ2n) is 11.0. The summed E-state index contributed by atoms with van der Waals surface area (Å²) in [6.45, 7) is 6.89. The minimum atomic E-state index is -0.0598. The number of imidazole rings is 1. The van der Waals surface area contributed by atoms with Crippen LogP contribution in [-0.4, -0.2) is 9.55 Å². The third-order valence-corrected chi connectivity index (χ3v) is 8.34. The molecule has 3 heteroatoms. The van der Waals surface area contributed by atoms with Crippen molar-refractivity contribution in [3.63, 3.8) is 0 Å². The smallest absolute Gasteiger partial charge is 0.147 e. The molecular formula is C35H28N2S. The minimum absolute atomic E-state index is 0.0598. The average molecular weight is 509 g/mol. The van der Waals surface area contributed by atoms with Crippen LogP contribution < -0.4 is 0 Å². The first-order chi connectivity index (χ1) is 18.5. The molecule has 0 radical (unpaired) electrons. The molecule has 5 aromatic carbocycles. The van der Waals surface area contributed by atoms with Gasteiger partial charge >= 0.3 is 0 Å². The van der Waals surface area contributed by atoms with Gasteiger partial charge in [0.05, 0.1) is 16.7 Å². The standard InChI is InChI=1S/C35H28N2S/c1-35(2,3)29-20-26(23-11-5-4-6-12-23)17-18-31(29)37-32-16-10-9-15-30(32)36-34(37)28-22-38-33-21-25-14-8-7-13-24(25)19-27(28)33/h4-22H,1-3H3. The van der Waals surface area contributed by atoms with Gasteiger partial charge < -0.3 is 0 Å². The molecule has 0 unspecified atom stereocenters. The van der Waals surface area contributed by atoms with Gasteiger partial charge in [-0.1, -0.05) is 93.6 Å². The van der Waals surface area contributed by atoms with Gasteiger partial charge in [-0.25, -0.2) is 4.98 Å². The first-order valence-corrected chi connectivity index (χ1v) is 13.9. The zero-order chi connectivity index (χ0) is 25.9. The van der Waals surface area contributed by atoms with Crippen LogP contribution in [-0.2, 0) is 5.41 Å². The van der Waals surface area contributed by atoms with E-state index >= 15 is 0 Å². The van der Waals surface area contributed by atoms with Crippen LogP contribution >= 0.6 is 11.3 Å². The number of hydrogen-bond donors (Lipinski definition) is 0. The van der Waals surface area contributed by atoms with Crippen molar-refractivity contribution < 1.29 is 0 Å². The summed E-state index contributed by atoms with van der Waals surface area (Å²) in [5.41, 5.74) is 8.20. The van der Waals surface area contributed by atoms with Crippen LogP contribution in [0.2, 0.25) is 0 Å². The Morgan fingerprint density at radius 1 is 0.684 bits per heavy atom. The molecule has 0 saturated heterocycles. The van der Waals surface area contributed by atoms with Crippen molar-refractivity contribution in [1.82, 2.24) is 9.55 Å². The lowest BCUT2D eigenvalue weighted by Crippen LogP contribution is -2.16. The topological polar surface area (TPSA) is 17.8 Å². The van der Waals surface area contributed by atoms with Gasteiger partial charge in [-0.05, 0) is 69.3 Å². The van der Waals surface area contributed by atoms with E-state index in [9.17, 15) is 0 Å². The Labute approximate surface area is 226 Å². The van der Waals surface area contributed by atoms with E-state index in [2.05, 4.69) is 140 Å². The van der Waals surface area contributed by atoms with E-state index in [-0.39, 0.29) is 5.41 Å². The van der Waals surface area contributed by atoms with Gasteiger partial charge in [0.15, 0.2) is 0 Å². The zero-order valence-electron chi connectivity index (χ0n) is 21.8. The van der Waals surface area contributed by atoms with Crippen LogP contribution in [0.5, 0.6) is 0 Å². The third-order valence-electron chi connectivity index (χ3n) is 7.40. The Hall–Kier alpha value is -4.21. The summed E-state index contributed by atoms with van der Waals surface area (Å²) in [4.78, 5) is 5.24. The van der Waals surface area contributed by atoms with Gasteiger partial charge in [0.25, 0.3) is 0 Å². The maximum Gasteiger partial charge on any atom is 0.147 e. The fourth-order valence-corrected chi connectivity index (χ4v) is 6.45. The van der Waals surface area contributed by atoms with Crippen molar-refractivity contribution in [2.45, 2.75) is 26.2 Å². The monoisotopic (exact) mass is 508 g/mol. The second-order valence-corrected chi connectivity index (χ2v) is 11.9. The van der Waals surface area contributed by atoms with Crippen LogP contribution in [0.3, 0.4) is 0 Å². The molecule has 0 saturated carbocycles. The van der Waals surface area contributed by atoms with Crippen LogP contribution in [0.4, 0.5) is 0 Å². The number of para-hydroxylation sites is 2. The largest absolute Gasteiger partial charge is 0.292 e. The van der Waals surface area contributed by atoms with Crippen molar-refractivity contribution in [3.05, 3.63) is 120 Å². The Balaban J connectivity index is 1.52. The molecule has 0 aliphatic carbocycles. The lowest BCUT2D eigenvalue weighted by molar-refractivity contribution is 0.587. The number of hydrogen-bond acceptors (Lipinski definition) is 2. The average Bonchev–Trinajstić information content (AvgIpc) is 3.52. The molecule has 0 spiro atoms. The molecule has 184 valence electrons. The van der Waals surface area contributed by atoms with Crippen LogP contribution in [0.15, 0.2) is 115 Å². The number of benzene rings is 5. The molecule has 0 aliphatic heterocycles. The number of fused-ring (bicyclic) bond motifs is 3. The Morgan fingerprint density at radius 3 is 2.18 bits per heavy atom. The quantitative estimate of drug-likeness (QED) is 0.232. The van der Waals surface area contributed by atoms with Crippen molar-refractivity contribution in [2.75, 3.05) is 0 Å². The summed E-state index contributed by atoms with van der Waals surface area (Å²) >= 11 is 1.79. The number of nitrogens with zero attached hydrogens (tertiary/aromatic N) is 2. The zero-order valence-corrected chi connectivity index (χ0v) is 22.6. The SMILES string of the molecule is CC(C)(C)c1cc(-c2ccccc2)ccc1-n1c(-c2csc3cc4ccccc4cc23)nc2ccccc21. The first kappa shape index (κ1) is 22.9. The summed E-state index contributed by atoms with van der Waals surface area (Å²) in [6.07, 6.45) is 0.